The van der Waals surface area contributed by atoms with Gasteiger partial charge in [0.2, 0.25) is 5.91 Å². The molecule has 1 aliphatic rings. The molecule has 4 amide bonds. The van der Waals surface area contributed by atoms with Crippen LogP contribution in [0.4, 0.5) is 10.5 Å². The molecule has 0 aliphatic heterocycles. The van der Waals surface area contributed by atoms with Crippen LogP contribution in [0.2, 0.25) is 0 Å². The number of benzene rings is 1. The number of aliphatic hydroxyl groups excluding tert-OH is 2. The highest BCUT2D eigenvalue weighted by molar-refractivity contribution is 5.91. The molecule has 0 aromatic heterocycles. The van der Waals surface area contributed by atoms with Gasteiger partial charge in [0.15, 0.2) is 0 Å². The predicted octanol–water partition coefficient (Wildman–Crippen LogP) is -1.28. The van der Waals surface area contributed by atoms with Crippen molar-refractivity contribution in [3.05, 3.63) is 29.8 Å². The third-order valence-corrected chi connectivity index (χ3v) is 4.73. The first-order valence-corrected chi connectivity index (χ1v) is 8.85. The van der Waals surface area contributed by atoms with Gasteiger partial charge < -0.3 is 37.0 Å². The lowest BCUT2D eigenvalue weighted by Gasteiger charge is -2.41. The lowest BCUT2D eigenvalue weighted by Crippen LogP contribution is -2.64. The van der Waals surface area contributed by atoms with Crippen molar-refractivity contribution in [2.45, 2.75) is 56.6 Å². The average Bonchev–Trinajstić information content (AvgIpc) is 2.61. The second kappa shape index (κ2) is 8.55. The Morgan fingerprint density at radius 2 is 1.79 bits per heavy atom. The van der Waals surface area contributed by atoms with E-state index in [1.807, 2.05) is 6.92 Å². The Labute approximate surface area is 162 Å². The van der Waals surface area contributed by atoms with Crippen LogP contribution >= 0.6 is 0 Å². The minimum absolute atomic E-state index is 0.357. The molecule has 1 aliphatic carbocycles. The zero-order valence-corrected chi connectivity index (χ0v) is 15.7. The summed E-state index contributed by atoms with van der Waals surface area (Å²) in [5.41, 5.74) is 4.52. The topological polar surface area (TPSA) is 174 Å². The maximum Gasteiger partial charge on any atom is 0.319 e. The fourth-order valence-corrected chi connectivity index (χ4v) is 3.00. The van der Waals surface area contributed by atoms with Gasteiger partial charge >= 0.3 is 6.03 Å². The number of hydrogen-bond acceptors (Lipinski definition) is 6. The van der Waals surface area contributed by atoms with Crippen molar-refractivity contribution in [3.63, 3.8) is 0 Å². The van der Waals surface area contributed by atoms with Crippen molar-refractivity contribution in [1.29, 1.82) is 0 Å². The number of aryl methyl sites for hydroxylation is 1. The van der Waals surface area contributed by atoms with E-state index in [-0.39, 0.29) is 6.42 Å². The van der Waals surface area contributed by atoms with Gasteiger partial charge in [-0.25, -0.2) is 4.79 Å². The molecule has 154 valence electrons. The van der Waals surface area contributed by atoms with E-state index in [0.717, 1.165) is 5.56 Å². The molecule has 0 radical (unpaired) electrons. The Balaban J connectivity index is 2.06. The smallest absolute Gasteiger partial charge is 0.319 e. The monoisotopic (exact) mass is 394 g/mol. The highest BCUT2D eigenvalue weighted by Crippen LogP contribution is 2.30. The van der Waals surface area contributed by atoms with Crippen LogP contribution in [0.1, 0.15) is 25.3 Å². The Bertz CT molecular complexity index is 740. The summed E-state index contributed by atoms with van der Waals surface area (Å²) >= 11 is 0. The molecule has 0 spiro atoms. The van der Waals surface area contributed by atoms with Crippen LogP contribution in [-0.2, 0) is 9.59 Å². The lowest BCUT2D eigenvalue weighted by atomic mass is 9.77. The number of hydrogen-bond donors (Lipinski definition) is 7. The van der Waals surface area contributed by atoms with Gasteiger partial charge in [-0.2, -0.15) is 0 Å². The standard InChI is InChI=1S/C18H26N4O6/c1-9-3-5-11(6-4-9)21-17(27)22-12-7-18(28,8-13(23)14(12)24)16(26)20-10(2)15(19)25/h3-6,10,12-14,23-24,28H,7-8H2,1-2H3,(H2,19,25)(H,20,26)(H2,21,22,27)/t10-,12+,13-,14-,18+/m1/s1. The van der Waals surface area contributed by atoms with Crippen LogP contribution in [-0.4, -0.2) is 63.1 Å². The number of carbonyl (C=O) groups is 3. The molecule has 10 nitrogen and oxygen atoms in total. The van der Waals surface area contributed by atoms with E-state index in [1.54, 1.807) is 24.3 Å². The van der Waals surface area contributed by atoms with E-state index in [1.165, 1.54) is 6.92 Å². The summed E-state index contributed by atoms with van der Waals surface area (Å²) in [6, 6.07) is 4.18. The summed E-state index contributed by atoms with van der Waals surface area (Å²) < 4.78 is 0. The van der Waals surface area contributed by atoms with Crippen LogP contribution in [0.25, 0.3) is 0 Å². The fraction of sp³-hybridized carbons (Fsp3) is 0.500. The van der Waals surface area contributed by atoms with Gasteiger partial charge in [0, 0.05) is 18.5 Å². The number of nitrogens with one attached hydrogen (secondary N) is 3. The van der Waals surface area contributed by atoms with E-state index in [4.69, 9.17) is 5.73 Å². The molecule has 2 rings (SSSR count). The van der Waals surface area contributed by atoms with Gasteiger partial charge in [-0.3, -0.25) is 9.59 Å². The summed E-state index contributed by atoms with van der Waals surface area (Å²) in [4.78, 5) is 35.7. The molecule has 5 atom stereocenters. The van der Waals surface area contributed by atoms with Crippen molar-refractivity contribution in [1.82, 2.24) is 10.6 Å². The van der Waals surface area contributed by atoms with Gasteiger partial charge in [0.1, 0.15) is 17.7 Å². The first-order chi connectivity index (χ1) is 13.0. The van der Waals surface area contributed by atoms with E-state index < -0.39 is 54.2 Å². The van der Waals surface area contributed by atoms with Gasteiger partial charge in [-0.05, 0) is 26.0 Å². The van der Waals surface area contributed by atoms with Crippen molar-refractivity contribution in [2.75, 3.05) is 5.32 Å². The molecule has 8 N–H and O–H groups in total. The fourth-order valence-electron chi connectivity index (χ4n) is 3.00. The second-order valence-electron chi connectivity index (χ2n) is 7.17. The van der Waals surface area contributed by atoms with E-state index in [0.29, 0.717) is 5.69 Å². The van der Waals surface area contributed by atoms with Gasteiger partial charge in [-0.1, -0.05) is 17.7 Å². The number of amides is 4. The van der Waals surface area contributed by atoms with E-state index in [2.05, 4.69) is 16.0 Å². The largest absolute Gasteiger partial charge is 0.390 e. The number of anilines is 1. The number of aliphatic hydroxyl groups is 3. The summed E-state index contributed by atoms with van der Waals surface area (Å²) in [5.74, 6) is -1.71. The van der Waals surface area contributed by atoms with E-state index in [9.17, 15) is 29.7 Å². The number of carbonyl (C=O) groups excluding carboxylic acids is 3. The van der Waals surface area contributed by atoms with Crippen LogP contribution < -0.4 is 21.7 Å². The SMILES string of the molecule is Cc1ccc(NC(=O)N[C@H]2C[C@@](O)(C(=O)N[C@H](C)C(N)=O)C[C@@H](O)[C@@H]2O)cc1. The van der Waals surface area contributed by atoms with Crippen molar-refractivity contribution >= 4 is 23.5 Å². The third kappa shape index (κ3) is 5.18. The molecule has 0 unspecified atom stereocenters. The highest BCUT2D eigenvalue weighted by atomic mass is 16.3. The number of urea groups is 1. The summed E-state index contributed by atoms with van der Waals surface area (Å²) in [7, 11) is 0. The lowest BCUT2D eigenvalue weighted by molar-refractivity contribution is -0.158. The Morgan fingerprint density at radius 3 is 2.36 bits per heavy atom. The van der Waals surface area contributed by atoms with Crippen LogP contribution in [0.15, 0.2) is 24.3 Å². The molecular weight excluding hydrogens is 368 g/mol. The third-order valence-electron chi connectivity index (χ3n) is 4.73. The molecule has 0 heterocycles. The molecule has 1 aromatic carbocycles. The molecule has 1 aromatic rings. The number of primary amides is 1. The molecule has 0 bridgehead atoms. The highest BCUT2D eigenvalue weighted by Gasteiger charge is 2.49. The zero-order chi connectivity index (χ0) is 21.1. The summed E-state index contributed by atoms with van der Waals surface area (Å²) in [5, 5.41) is 38.2. The quantitative estimate of drug-likeness (QED) is 0.327. The van der Waals surface area contributed by atoms with Gasteiger partial charge in [-0.15, -0.1) is 0 Å². The Morgan fingerprint density at radius 1 is 1.18 bits per heavy atom. The normalized spacial score (nSPS) is 28.1. The number of nitrogens with two attached hydrogens (primary N) is 1. The molecule has 0 saturated heterocycles. The molecular formula is C18H26N4O6. The van der Waals surface area contributed by atoms with Crippen LogP contribution in [0.5, 0.6) is 0 Å². The van der Waals surface area contributed by atoms with E-state index >= 15 is 0 Å². The second-order valence-corrected chi connectivity index (χ2v) is 7.17. The van der Waals surface area contributed by atoms with Gasteiger partial charge in [0.05, 0.1) is 12.1 Å². The maximum absolute atomic E-state index is 12.4. The average molecular weight is 394 g/mol. The van der Waals surface area contributed by atoms with Crippen molar-refractivity contribution in [2.24, 2.45) is 5.73 Å². The van der Waals surface area contributed by atoms with Crippen molar-refractivity contribution in [3.8, 4) is 0 Å². The van der Waals surface area contributed by atoms with Crippen LogP contribution in [0, 0.1) is 6.92 Å². The Kier molecular flexibility index (Phi) is 6.60. The summed E-state index contributed by atoms with van der Waals surface area (Å²) in [6.45, 7) is 3.25. The molecule has 10 heteroatoms. The molecule has 28 heavy (non-hydrogen) atoms. The number of rotatable bonds is 5. The first kappa shape index (κ1) is 21.6. The van der Waals surface area contributed by atoms with Crippen molar-refractivity contribution < 1.29 is 29.7 Å². The predicted molar refractivity (Wildman–Crippen MR) is 100 cm³/mol. The minimum Gasteiger partial charge on any atom is -0.390 e. The minimum atomic E-state index is -2.09. The first-order valence-electron chi connectivity index (χ1n) is 8.85. The zero-order valence-electron chi connectivity index (χ0n) is 15.7. The molecule has 1 fully saturated rings. The van der Waals surface area contributed by atoms with Crippen LogP contribution in [0.3, 0.4) is 0 Å². The van der Waals surface area contributed by atoms with Gasteiger partial charge in [0.25, 0.3) is 5.91 Å². The summed E-state index contributed by atoms with van der Waals surface area (Å²) in [6.07, 6.45) is -3.66. The Hall–Kier alpha value is -2.69. The maximum atomic E-state index is 12.4. The molecule has 1 saturated carbocycles.